The molecule has 0 saturated carbocycles. The molecule has 1 aliphatic heterocycles. The van der Waals surface area contributed by atoms with E-state index in [2.05, 4.69) is 33.5 Å². The van der Waals surface area contributed by atoms with Gasteiger partial charge in [0.25, 0.3) is 0 Å². The number of rotatable bonds is 3. The molecule has 0 aromatic carbocycles. The van der Waals surface area contributed by atoms with Gasteiger partial charge in [0.2, 0.25) is 0 Å². The number of aromatic nitrogens is 2. The Bertz CT molecular complexity index is 332. The largest absolute Gasteiger partial charge is 0.388 e. The quantitative estimate of drug-likeness (QED) is 0.842. The highest BCUT2D eigenvalue weighted by Crippen LogP contribution is 2.19. The summed E-state index contributed by atoms with van der Waals surface area (Å²) in [4.78, 5) is 4.73. The van der Waals surface area contributed by atoms with Crippen molar-refractivity contribution in [2.24, 2.45) is 0 Å². The highest BCUT2D eigenvalue weighted by atomic mass is 32.1. The molecule has 1 aliphatic rings. The van der Waals surface area contributed by atoms with E-state index >= 15 is 0 Å². The van der Waals surface area contributed by atoms with E-state index in [1.165, 1.54) is 37.5 Å². The summed E-state index contributed by atoms with van der Waals surface area (Å²) >= 11 is 1.28. The van der Waals surface area contributed by atoms with Crippen molar-refractivity contribution in [3.05, 3.63) is 5.69 Å². The van der Waals surface area contributed by atoms with Crippen LogP contribution in [0.4, 0.5) is 5.00 Å². The second-order valence-corrected chi connectivity index (χ2v) is 5.32. The van der Waals surface area contributed by atoms with E-state index in [0.717, 1.165) is 17.2 Å². The van der Waals surface area contributed by atoms with E-state index in [9.17, 15) is 0 Å². The fraction of sp³-hybridized carbons (Fsp3) is 0.800. The summed E-state index contributed by atoms with van der Waals surface area (Å²) in [5, 5.41) is 4.81. The molecule has 6 heteroatoms. The van der Waals surface area contributed by atoms with Gasteiger partial charge in [0.05, 0.1) is 0 Å². The van der Waals surface area contributed by atoms with Crippen molar-refractivity contribution >= 4 is 16.5 Å². The molecular formula is C10H19N5S. The molecular weight excluding hydrogens is 222 g/mol. The van der Waals surface area contributed by atoms with Crippen molar-refractivity contribution in [2.45, 2.75) is 25.4 Å². The lowest BCUT2D eigenvalue weighted by Gasteiger charge is -2.34. The molecule has 2 N–H and O–H groups in total. The Balaban J connectivity index is 1.88. The van der Waals surface area contributed by atoms with Gasteiger partial charge in [-0.1, -0.05) is 4.49 Å². The van der Waals surface area contributed by atoms with Gasteiger partial charge in [-0.05, 0) is 40.0 Å². The molecule has 1 aromatic heterocycles. The Morgan fingerprint density at radius 3 is 2.75 bits per heavy atom. The minimum absolute atomic E-state index is 0.650. The zero-order valence-corrected chi connectivity index (χ0v) is 10.7. The molecule has 0 atom stereocenters. The molecule has 0 unspecified atom stereocenters. The minimum atomic E-state index is 0.650. The maximum absolute atomic E-state index is 5.80. The standard InChI is InChI=1S/C10H19N5S/c1-14-5-3-8(4-6-14)15(2)7-9-10(11)16-13-12-9/h8H,3-7,11H2,1-2H3. The Morgan fingerprint density at radius 1 is 1.50 bits per heavy atom. The highest BCUT2D eigenvalue weighted by molar-refractivity contribution is 7.09. The molecule has 90 valence electrons. The molecule has 0 spiro atoms. The maximum Gasteiger partial charge on any atom is 0.132 e. The summed E-state index contributed by atoms with van der Waals surface area (Å²) < 4.78 is 3.86. The zero-order valence-electron chi connectivity index (χ0n) is 9.89. The lowest BCUT2D eigenvalue weighted by Crippen LogP contribution is -2.41. The van der Waals surface area contributed by atoms with Crippen molar-refractivity contribution in [1.82, 2.24) is 19.4 Å². The first-order chi connectivity index (χ1) is 7.66. The van der Waals surface area contributed by atoms with Gasteiger partial charge in [0.15, 0.2) is 0 Å². The zero-order chi connectivity index (χ0) is 11.5. The molecule has 16 heavy (non-hydrogen) atoms. The number of hydrogen-bond donors (Lipinski definition) is 1. The Morgan fingerprint density at radius 2 is 2.19 bits per heavy atom. The SMILES string of the molecule is CN1CCC(N(C)Cc2nnsc2N)CC1. The molecule has 2 rings (SSSR count). The van der Waals surface area contributed by atoms with Gasteiger partial charge in [0.1, 0.15) is 10.7 Å². The average molecular weight is 241 g/mol. The minimum Gasteiger partial charge on any atom is -0.388 e. The summed E-state index contributed by atoms with van der Waals surface area (Å²) in [6.07, 6.45) is 2.45. The summed E-state index contributed by atoms with van der Waals surface area (Å²) in [5.41, 5.74) is 6.72. The van der Waals surface area contributed by atoms with Crippen molar-refractivity contribution in [3.8, 4) is 0 Å². The van der Waals surface area contributed by atoms with Crippen LogP contribution in [0.25, 0.3) is 0 Å². The third-order valence-corrected chi connectivity index (χ3v) is 3.89. The third kappa shape index (κ3) is 2.69. The first-order valence-corrected chi connectivity index (χ1v) is 6.39. The van der Waals surface area contributed by atoms with Crippen LogP contribution >= 0.6 is 11.5 Å². The Kier molecular flexibility index (Phi) is 3.73. The van der Waals surface area contributed by atoms with E-state index in [1.807, 2.05) is 0 Å². The summed E-state index contributed by atoms with van der Waals surface area (Å²) in [5.74, 6) is 0. The molecule has 0 bridgehead atoms. The average Bonchev–Trinajstić information content (AvgIpc) is 2.65. The molecule has 0 radical (unpaired) electrons. The topological polar surface area (TPSA) is 58.3 Å². The first kappa shape index (κ1) is 11.8. The number of nitrogens with two attached hydrogens (primary N) is 1. The predicted molar refractivity (Wildman–Crippen MR) is 66.3 cm³/mol. The van der Waals surface area contributed by atoms with E-state index in [1.54, 1.807) is 0 Å². The Hall–Kier alpha value is -0.720. The van der Waals surface area contributed by atoms with E-state index in [4.69, 9.17) is 5.73 Å². The Labute approximate surface area is 100 Å². The van der Waals surface area contributed by atoms with Crippen molar-refractivity contribution in [1.29, 1.82) is 0 Å². The monoisotopic (exact) mass is 241 g/mol. The van der Waals surface area contributed by atoms with Gasteiger partial charge in [0, 0.05) is 24.1 Å². The maximum atomic E-state index is 5.80. The van der Waals surface area contributed by atoms with Crippen LogP contribution in [-0.2, 0) is 6.54 Å². The molecule has 0 amide bonds. The van der Waals surface area contributed by atoms with Crippen molar-refractivity contribution in [2.75, 3.05) is 32.9 Å². The molecule has 5 nitrogen and oxygen atoms in total. The van der Waals surface area contributed by atoms with Crippen LogP contribution in [0, 0.1) is 0 Å². The third-order valence-electron chi connectivity index (χ3n) is 3.30. The number of hydrogen-bond acceptors (Lipinski definition) is 6. The number of nitrogen functional groups attached to an aromatic ring is 1. The highest BCUT2D eigenvalue weighted by Gasteiger charge is 2.21. The number of nitrogens with zero attached hydrogens (tertiary/aromatic N) is 4. The van der Waals surface area contributed by atoms with Crippen LogP contribution in [-0.4, -0.2) is 52.6 Å². The number of anilines is 1. The fourth-order valence-electron chi connectivity index (χ4n) is 2.13. The van der Waals surface area contributed by atoms with Crippen LogP contribution in [0.15, 0.2) is 0 Å². The molecule has 1 saturated heterocycles. The normalized spacial score (nSPS) is 19.4. The van der Waals surface area contributed by atoms with E-state index in [0.29, 0.717) is 6.04 Å². The van der Waals surface area contributed by atoms with Crippen LogP contribution < -0.4 is 5.73 Å². The molecule has 0 aliphatic carbocycles. The molecule has 1 fully saturated rings. The van der Waals surface area contributed by atoms with Crippen LogP contribution in [0.1, 0.15) is 18.5 Å². The first-order valence-electron chi connectivity index (χ1n) is 5.62. The summed E-state index contributed by atoms with van der Waals surface area (Å²) in [7, 11) is 4.33. The predicted octanol–water partition coefficient (Wildman–Crippen LogP) is 0.646. The van der Waals surface area contributed by atoms with Crippen LogP contribution in [0.2, 0.25) is 0 Å². The van der Waals surface area contributed by atoms with E-state index in [-0.39, 0.29) is 0 Å². The number of likely N-dealkylation sites (tertiary alicyclic amines) is 1. The van der Waals surface area contributed by atoms with Gasteiger partial charge in [-0.3, -0.25) is 4.90 Å². The second kappa shape index (κ2) is 5.07. The van der Waals surface area contributed by atoms with Gasteiger partial charge in [-0.25, -0.2) is 0 Å². The lowest BCUT2D eigenvalue weighted by atomic mass is 10.0. The van der Waals surface area contributed by atoms with E-state index < -0.39 is 0 Å². The summed E-state index contributed by atoms with van der Waals surface area (Å²) in [6.45, 7) is 3.18. The molecule has 2 heterocycles. The van der Waals surface area contributed by atoms with Gasteiger partial charge in [-0.15, -0.1) is 5.10 Å². The second-order valence-electron chi connectivity index (χ2n) is 4.53. The van der Waals surface area contributed by atoms with Gasteiger partial charge < -0.3 is 10.6 Å². The fourth-order valence-corrected chi connectivity index (χ4v) is 2.56. The van der Waals surface area contributed by atoms with Gasteiger partial charge >= 0.3 is 0 Å². The van der Waals surface area contributed by atoms with Crippen LogP contribution in [0.3, 0.4) is 0 Å². The summed E-state index contributed by atoms with van der Waals surface area (Å²) in [6, 6.07) is 0.650. The molecule has 1 aromatic rings. The number of piperidine rings is 1. The lowest BCUT2D eigenvalue weighted by molar-refractivity contribution is 0.138. The van der Waals surface area contributed by atoms with Crippen molar-refractivity contribution < 1.29 is 0 Å². The van der Waals surface area contributed by atoms with Crippen molar-refractivity contribution in [3.63, 3.8) is 0 Å². The smallest absolute Gasteiger partial charge is 0.132 e. The van der Waals surface area contributed by atoms with Gasteiger partial charge in [-0.2, -0.15) is 0 Å². The van der Waals surface area contributed by atoms with Crippen LogP contribution in [0.5, 0.6) is 0 Å².